The minimum absolute atomic E-state index is 0.0505. The van der Waals surface area contributed by atoms with Gasteiger partial charge in [-0.05, 0) is 44.0 Å². The number of nitrogens with zero attached hydrogens (tertiary/aromatic N) is 1. The van der Waals surface area contributed by atoms with Gasteiger partial charge >= 0.3 is 5.97 Å². The zero-order chi connectivity index (χ0) is 18.2. The van der Waals surface area contributed by atoms with Crippen LogP contribution in [0.3, 0.4) is 0 Å². The minimum atomic E-state index is -0.174. The predicted octanol–water partition coefficient (Wildman–Crippen LogP) is 2.46. The van der Waals surface area contributed by atoms with Gasteiger partial charge in [0.1, 0.15) is 5.75 Å². The number of hydrogen-bond donors (Lipinski definition) is 0. The van der Waals surface area contributed by atoms with Crippen LogP contribution in [0, 0.1) is 5.92 Å². The number of likely N-dealkylation sites (tertiary alicyclic amines) is 1. The van der Waals surface area contributed by atoms with Gasteiger partial charge in [-0.15, -0.1) is 0 Å². The Labute approximate surface area is 148 Å². The molecule has 0 unspecified atom stereocenters. The van der Waals surface area contributed by atoms with E-state index in [9.17, 15) is 14.4 Å². The third-order valence-corrected chi connectivity index (χ3v) is 4.33. The van der Waals surface area contributed by atoms with Gasteiger partial charge in [-0.25, -0.2) is 0 Å². The third kappa shape index (κ3) is 5.31. The summed E-state index contributed by atoms with van der Waals surface area (Å²) < 4.78 is 10.5. The lowest BCUT2D eigenvalue weighted by Gasteiger charge is -2.30. The fraction of sp³-hybridized carbons (Fsp3) is 0.526. The van der Waals surface area contributed by atoms with Gasteiger partial charge in [0.2, 0.25) is 0 Å². The summed E-state index contributed by atoms with van der Waals surface area (Å²) in [4.78, 5) is 37.2. The first-order valence-corrected chi connectivity index (χ1v) is 8.75. The molecule has 1 aliphatic heterocycles. The van der Waals surface area contributed by atoms with Crippen LogP contribution in [0.25, 0.3) is 0 Å². The van der Waals surface area contributed by atoms with E-state index < -0.39 is 0 Å². The van der Waals surface area contributed by atoms with E-state index in [2.05, 4.69) is 0 Å². The Morgan fingerprint density at radius 1 is 1.08 bits per heavy atom. The van der Waals surface area contributed by atoms with Crippen molar-refractivity contribution in [3.05, 3.63) is 29.8 Å². The maximum absolute atomic E-state index is 12.2. The molecule has 1 aromatic rings. The number of ketones is 1. The summed E-state index contributed by atoms with van der Waals surface area (Å²) in [5.74, 6) is 0.242. The Balaban J connectivity index is 1.77. The van der Waals surface area contributed by atoms with E-state index in [0.29, 0.717) is 50.3 Å². The van der Waals surface area contributed by atoms with Crippen LogP contribution in [0.2, 0.25) is 0 Å². The zero-order valence-corrected chi connectivity index (χ0v) is 14.8. The van der Waals surface area contributed by atoms with Crippen LogP contribution in [0.1, 0.15) is 43.5 Å². The molecule has 0 aromatic heterocycles. The highest BCUT2D eigenvalue weighted by molar-refractivity contribution is 5.95. The van der Waals surface area contributed by atoms with E-state index in [1.165, 1.54) is 0 Å². The van der Waals surface area contributed by atoms with Crippen LogP contribution in [-0.2, 0) is 14.3 Å². The van der Waals surface area contributed by atoms with Crippen LogP contribution in [0.4, 0.5) is 0 Å². The van der Waals surface area contributed by atoms with Crippen LogP contribution < -0.4 is 4.74 Å². The summed E-state index contributed by atoms with van der Waals surface area (Å²) in [6.45, 7) is 5.01. The Morgan fingerprint density at radius 2 is 1.72 bits per heavy atom. The van der Waals surface area contributed by atoms with E-state index in [1.807, 2.05) is 6.92 Å². The fourth-order valence-corrected chi connectivity index (χ4v) is 2.80. The first-order valence-electron chi connectivity index (χ1n) is 8.75. The number of rotatable bonds is 7. The number of benzene rings is 1. The molecule has 0 N–H and O–H groups in total. The number of carbonyl (C=O) groups is 3. The second-order valence-corrected chi connectivity index (χ2v) is 6.00. The molecule has 0 spiro atoms. The van der Waals surface area contributed by atoms with E-state index in [-0.39, 0.29) is 30.2 Å². The number of esters is 1. The Kier molecular flexibility index (Phi) is 6.98. The molecule has 25 heavy (non-hydrogen) atoms. The molecule has 1 aromatic carbocycles. The molecule has 6 nitrogen and oxygen atoms in total. The molecule has 136 valence electrons. The molecule has 0 atom stereocenters. The molecule has 0 saturated carbocycles. The van der Waals surface area contributed by atoms with Gasteiger partial charge in [-0.2, -0.15) is 0 Å². The minimum Gasteiger partial charge on any atom is -0.484 e. The van der Waals surface area contributed by atoms with Crippen molar-refractivity contribution >= 4 is 17.7 Å². The summed E-state index contributed by atoms with van der Waals surface area (Å²) >= 11 is 0. The van der Waals surface area contributed by atoms with E-state index in [0.717, 1.165) is 0 Å². The predicted molar refractivity (Wildman–Crippen MR) is 92.5 cm³/mol. The van der Waals surface area contributed by atoms with Gasteiger partial charge < -0.3 is 14.4 Å². The quantitative estimate of drug-likeness (QED) is 0.560. The summed E-state index contributed by atoms with van der Waals surface area (Å²) in [5, 5.41) is 0. The normalized spacial score (nSPS) is 14.9. The molecule has 1 heterocycles. The SMILES string of the molecule is CCOC(=O)C1CCN(C(=O)COc2ccc(C(=O)CC)cc2)CC1. The van der Waals surface area contributed by atoms with Crippen LogP contribution in [-0.4, -0.2) is 48.9 Å². The largest absolute Gasteiger partial charge is 0.484 e. The van der Waals surface area contributed by atoms with Crippen molar-refractivity contribution in [3.8, 4) is 5.75 Å². The zero-order valence-electron chi connectivity index (χ0n) is 14.8. The molecular formula is C19H25NO5. The lowest BCUT2D eigenvalue weighted by atomic mass is 9.97. The first kappa shape index (κ1) is 19.0. The number of amides is 1. The lowest BCUT2D eigenvalue weighted by molar-refractivity contribution is -0.151. The average Bonchev–Trinajstić information content (AvgIpc) is 2.66. The molecule has 0 bridgehead atoms. The van der Waals surface area contributed by atoms with Gasteiger partial charge in [-0.1, -0.05) is 6.92 Å². The van der Waals surface area contributed by atoms with Crippen molar-refractivity contribution in [2.45, 2.75) is 33.1 Å². The molecule has 2 rings (SSSR count). The maximum atomic E-state index is 12.2. The van der Waals surface area contributed by atoms with Crippen LogP contribution in [0.15, 0.2) is 24.3 Å². The van der Waals surface area contributed by atoms with Crippen LogP contribution in [0.5, 0.6) is 5.75 Å². The third-order valence-electron chi connectivity index (χ3n) is 4.33. The topological polar surface area (TPSA) is 72.9 Å². The first-order chi connectivity index (χ1) is 12.0. The highest BCUT2D eigenvalue weighted by Gasteiger charge is 2.28. The van der Waals surface area contributed by atoms with E-state index in [1.54, 1.807) is 36.1 Å². The maximum Gasteiger partial charge on any atom is 0.309 e. The van der Waals surface area contributed by atoms with Crippen molar-refractivity contribution < 1.29 is 23.9 Å². The van der Waals surface area contributed by atoms with Crippen molar-refractivity contribution in [2.75, 3.05) is 26.3 Å². The Hall–Kier alpha value is -2.37. The summed E-state index contributed by atoms with van der Waals surface area (Å²) in [7, 11) is 0. The smallest absolute Gasteiger partial charge is 0.309 e. The van der Waals surface area contributed by atoms with Gasteiger partial charge in [0, 0.05) is 25.1 Å². The molecule has 1 fully saturated rings. The van der Waals surface area contributed by atoms with Gasteiger partial charge in [0.25, 0.3) is 5.91 Å². The molecule has 0 radical (unpaired) electrons. The van der Waals surface area contributed by atoms with E-state index in [4.69, 9.17) is 9.47 Å². The highest BCUT2D eigenvalue weighted by atomic mass is 16.5. The van der Waals surface area contributed by atoms with Gasteiger partial charge in [0.15, 0.2) is 12.4 Å². The standard InChI is InChI=1S/C19H25NO5/c1-3-17(21)14-5-7-16(8-6-14)25-13-18(22)20-11-9-15(10-12-20)19(23)24-4-2/h5-8,15H,3-4,9-13H2,1-2H3. The second kappa shape index (κ2) is 9.20. The molecule has 1 aliphatic rings. The van der Waals surface area contributed by atoms with E-state index >= 15 is 0 Å². The number of Topliss-reactive ketones (excluding diaryl/α,β-unsaturated/α-hetero) is 1. The van der Waals surface area contributed by atoms with Crippen molar-refractivity contribution in [3.63, 3.8) is 0 Å². The fourth-order valence-electron chi connectivity index (χ4n) is 2.80. The summed E-state index contributed by atoms with van der Waals surface area (Å²) in [6.07, 6.45) is 1.71. The average molecular weight is 347 g/mol. The van der Waals surface area contributed by atoms with Crippen molar-refractivity contribution in [1.29, 1.82) is 0 Å². The lowest BCUT2D eigenvalue weighted by Crippen LogP contribution is -2.42. The molecule has 1 amide bonds. The van der Waals surface area contributed by atoms with Crippen LogP contribution >= 0.6 is 0 Å². The monoisotopic (exact) mass is 347 g/mol. The van der Waals surface area contributed by atoms with Gasteiger partial charge in [0.05, 0.1) is 12.5 Å². The number of piperidine rings is 1. The summed E-state index contributed by atoms with van der Waals surface area (Å²) in [6, 6.07) is 6.80. The Morgan fingerprint density at radius 3 is 2.28 bits per heavy atom. The second-order valence-electron chi connectivity index (χ2n) is 6.00. The highest BCUT2D eigenvalue weighted by Crippen LogP contribution is 2.19. The summed E-state index contributed by atoms with van der Waals surface area (Å²) in [5.41, 5.74) is 0.641. The number of carbonyl (C=O) groups excluding carboxylic acids is 3. The Bertz CT molecular complexity index is 603. The molecular weight excluding hydrogens is 322 g/mol. The number of ether oxygens (including phenoxy) is 2. The molecule has 1 saturated heterocycles. The molecule has 0 aliphatic carbocycles. The van der Waals surface area contributed by atoms with Gasteiger partial charge in [-0.3, -0.25) is 14.4 Å². The van der Waals surface area contributed by atoms with Crippen molar-refractivity contribution in [2.24, 2.45) is 5.92 Å². The van der Waals surface area contributed by atoms with Crippen molar-refractivity contribution in [1.82, 2.24) is 4.90 Å². The molecule has 6 heteroatoms. The number of hydrogen-bond acceptors (Lipinski definition) is 5.